The van der Waals surface area contributed by atoms with Crippen molar-refractivity contribution in [3.05, 3.63) is 59.5 Å². The topological polar surface area (TPSA) is 119 Å². The molecule has 1 unspecified atom stereocenters. The first-order chi connectivity index (χ1) is 18.2. The summed E-state index contributed by atoms with van der Waals surface area (Å²) in [5, 5.41) is 11.5. The lowest BCUT2D eigenvalue weighted by atomic mass is 9.73. The standard InChI is InChI=1S/C27H34N6O3S2/c1-26(2,3)38(35)32-23-19-8-6-5-7-18(19)15-27(23)10-13-33(14-11-27)24-20(17-34)30-22(16-29-24)37-21-9-12-28-25(31-21)36-4/h5-9,12,16,23,32,34H,10-11,13-15,17H2,1-4H3/t23-,38?/m1/s1. The summed E-state index contributed by atoms with van der Waals surface area (Å²) in [4.78, 5) is 19.9. The fraction of sp³-hybridized carbons (Fsp3) is 0.481. The second-order valence-electron chi connectivity index (χ2n) is 10.8. The van der Waals surface area contributed by atoms with E-state index in [1.54, 1.807) is 18.5 Å². The number of aliphatic hydroxyl groups excluding tert-OH is 1. The van der Waals surface area contributed by atoms with Crippen LogP contribution < -0.4 is 14.4 Å². The van der Waals surface area contributed by atoms with Crippen LogP contribution in [0, 0.1) is 5.41 Å². The zero-order valence-corrected chi connectivity index (χ0v) is 23.8. The molecule has 1 aromatic carbocycles. The van der Waals surface area contributed by atoms with Crippen molar-refractivity contribution in [1.82, 2.24) is 24.7 Å². The van der Waals surface area contributed by atoms with Crippen molar-refractivity contribution in [3.8, 4) is 6.01 Å². The lowest BCUT2D eigenvalue weighted by Gasteiger charge is -2.44. The van der Waals surface area contributed by atoms with Crippen molar-refractivity contribution in [2.45, 2.75) is 67.5 Å². The molecular formula is C27H34N6O3S2. The molecule has 5 rings (SSSR count). The second-order valence-corrected chi connectivity index (χ2v) is 13.8. The molecule has 0 amide bonds. The van der Waals surface area contributed by atoms with Crippen molar-refractivity contribution in [1.29, 1.82) is 0 Å². The van der Waals surface area contributed by atoms with Crippen LogP contribution in [0.2, 0.25) is 0 Å². The zero-order chi connectivity index (χ0) is 26.9. The Morgan fingerprint density at radius 3 is 2.63 bits per heavy atom. The molecule has 1 aliphatic heterocycles. The van der Waals surface area contributed by atoms with Crippen molar-refractivity contribution < 1.29 is 14.4 Å². The van der Waals surface area contributed by atoms with Gasteiger partial charge in [-0.1, -0.05) is 24.3 Å². The minimum Gasteiger partial charge on any atom is -0.598 e. The van der Waals surface area contributed by atoms with Gasteiger partial charge < -0.3 is 19.3 Å². The van der Waals surface area contributed by atoms with Crippen LogP contribution in [0.15, 0.2) is 52.8 Å². The Morgan fingerprint density at radius 2 is 1.92 bits per heavy atom. The van der Waals surface area contributed by atoms with E-state index in [0.29, 0.717) is 21.6 Å². The van der Waals surface area contributed by atoms with Gasteiger partial charge in [-0.3, -0.25) is 0 Å². The average Bonchev–Trinajstić information content (AvgIpc) is 3.21. The first kappa shape index (κ1) is 27.1. The summed E-state index contributed by atoms with van der Waals surface area (Å²) >= 11 is 0.175. The van der Waals surface area contributed by atoms with E-state index in [1.165, 1.54) is 30.0 Å². The third kappa shape index (κ3) is 5.48. The van der Waals surface area contributed by atoms with Gasteiger partial charge in [-0.05, 0) is 69.0 Å². The van der Waals surface area contributed by atoms with Gasteiger partial charge in [-0.2, -0.15) is 4.98 Å². The maximum atomic E-state index is 13.2. The van der Waals surface area contributed by atoms with Gasteiger partial charge >= 0.3 is 6.01 Å². The zero-order valence-electron chi connectivity index (χ0n) is 22.2. The Bertz CT molecular complexity index is 1280. The highest BCUT2D eigenvalue weighted by Gasteiger charge is 2.50. The van der Waals surface area contributed by atoms with Crippen LogP contribution in [0.1, 0.15) is 56.5 Å². The number of aromatic nitrogens is 4. The molecule has 38 heavy (non-hydrogen) atoms. The van der Waals surface area contributed by atoms with Gasteiger partial charge in [0.25, 0.3) is 0 Å². The van der Waals surface area contributed by atoms with Gasteiger partial charge in [0, 0.05) is 36.1 Å². The van der Waals surface area contributed by atoms with Gasteiger partial charge in [0.15, 0.2) is 5.82 Å². The van der Waals surface area contributed by atoms with E-state index in [-0.39, 0.29) is 28.8 Å². The highest BCUT2D eigenvalue weighted by Crippen LogP contribution is 2.53. The molecule has 3 heterocycles. The lowest BCUT2D eigenvalue weighted by Crippen LogP contribution is -2.50. The molecular weight excluding hydrogens is 520 g/mol. The van der Waals surface area contributed by atoms with Gasteiger partial charge in [0.1, 0.15) is 20.5 Å². The van der Waals surface area contributed by atoms with E-state index >= 15 is 0 Å². The molecule has 9 nitrogen and oxygen atoms in total. The van der Waals surface area contributed by atoms with Gasteiger partial charge in [-0.15, -0.1) is 4.72 Å². The SMILES string of the molecule is COc1nccc(Sc2cnc(N3CCC4(CC3)Cc3ccccc3[C@H]4N[S+]([O-])C(C)(C)C)c(CO)n2)n1. The number of ether oxygens (including phenoxy) is 1. The number of hydrogen-bond donors (Lipinski definition) is 2. The summed E-state index contributed by atoms with van der Waals surface area (Å²) in [7, 11) is 1.53. The molecule has 0 radical (unpaired) electrons. The number of rotatable bonds is 7. The number of methoxy groups -OCH3 is 1. The predicted molar refractivity (Wildman–Crippen MR) is 148 cm³/mol. The number of benzene rings is 1. The summed E-state index contributed by atoms with van der Waals surface area (Å²) in [6, 6.07) is 10.6. The Hall–Kier alpha value is -2.44. The quantitative estimate of drug-likeness (QED) is 0.329. The van der Waals surface area contributed by atoms with E-state index in [4.69, 9.17) is 9.72 Å². The molecule has 0 bridgehead atoms. The van der Waals surface area contributed by atoms with Gasteiger partial charge in [-0.25, -0.2) is 15.0 Å². The Morgan fingerprint density at radius 1 is 1.16 bits per heavy atom. The van der Waals surface area contributed by atoms with E-state index in [2.05, 4.69) is 48.8 Å². The van der Waals surface area contributed by atoms with Crippen molar-refractivity contribution in [2.24, 2.45) is 5.41 Å². The maximum Gasteiger partial charge on any atom is 0.317 e. The second kappa shape index (κ2) is 11.0. The number of anilines is 1. The van der Waals surface area contributed by atoms with E-state index < -0.39 is 11.4 Å². The Labute approximate surface area is 231 Å². The molecule has 1 spiro atoms. The number of piperidine rings is 1. The van der Waals surface area contributed by atoms with Gasteiger partial charge in [0.05, 0.1) is 26.0 Å². The molecule has 202 valence electrons. The summed E-state index contributed by atoms with van der Waals surface area (Å²) in [5.41, 5.74) is 3.13. The van der Waals surface area contributed by atoms with Crippen LogP contribution in [-0.4, -0.2) is 54.5 Å². The summed E-state index contributed by atoms with van der Waals surface area (Å²) in [6.45, 7) is 7.38. The maximum absolute atomic E-state index is 13.2. The molecule has 2 aliphatic rings. The fourth-order valence-electron chi connectivity index (χ4n) is 5.30. The molecule has 0 saturated carbocycles. The molecule has 3 aromatic rings. The number of fused-ring (bicyclic) bond motifs is 1. The van der Waals surface area contributed by atoms with Crippen molar-refractivity contribution in [3.63, 3.8) is 0 Å². The number of nitrogens with one attached hydrogen (secondary N) is 1. The highest BCUT2D eigenvalue weighted by atomic mass is 32.2. The third-order valence-corrected chi connectivity index (χ3v) is 9.72. The molecule has 1 saturated heterocycles. The minimum absolute atomic E-state index is 0.0181. The lowest BCUT2D eigenvalue weighted by molar-refractivity contribution is 0.175. The number of aliphatic hydroxyl groups is 1. The first-order valence-electron chi connectivity index (χ1n) is 12.7. The van der Waals surface area contributed by atoms with Gasteiger partial charge in [0.2, 0.25) is 0 Å². The van der Waals surface area contributed by atoms with Crippen LogP contribution in [0.4, 0.5) is 5.82 Å². The van der Waals surface area contributed by atoms with Crippen LogP contribution in [0.5, 0.6) is 6.01 Å². The normalized spacial score (nSPS) is 19.4. The van der Waals surface area contributed by atoms with Crippen LogP contribution >= 0.6 is 11.8 Å². The van der Waals surface area contributed by atoms with Crippen LogP contribution in [0.3, 0.4) is 0 Å². The smallest absolute Gasteiger partial charge is 0.317 e. The molecule has 2 aromatic heterocycles. The van der Waals surface area contributed by atoms with E-state index in [0.717, 1.165) is 32.4 Å². The molecule has 11 heteroatoms. The monoisotopic (exact) mass is 554 g/mol. The average molecular weight is 555 g/mol. The highest BCUT2D eigenvalue weighted by molar-refractivity contribution is 7.99. The summed E-state index contributed by atoms with van der Waals surface area (Å²) in [6.07, 6.45) is 6.16. The molecule has 2 atom stereocenters. The molecule has 2 N–H and O–H groups in total. The number of hydrogen-bond acceptors (Lipinski definition) is 10. The number of nitrogens with zero attached hydrogens (tertiary/aromatic N) is 5. The van der Waals surface area contributed by atoms with Crippen LogP contribution in [0.25, 0.3) is 0 Å². The summed E-state index contributed by atoms with van der Waals surface area (Å²) < 4.78 is 21.4. The summed E-state index contributed by atoms with van der Waals surface area (Å²) in [5.74, 6) is 0.713. The first-order valence-corrected chi connectivity index (χ1v) is 14.7. The Balaban J connectivity index is 1.33. The van der Waals surface area contributed by atoms with Crippen LogP contribution in [-0.2, 0) is 24.4 Å². The third-order valence-electron chi connectivity index (χ3n) is 7.31. The minimum atomic E-state index is -1.17. The Kier molecular flexibility index (Phi) is 7.84. The molecule has 1 aliphatic carbocycles. The van der Waals surface area contributed by atoms with Crippen molar-refractivity contribution in [2.75, 3.05) is 25.1 Å². The van der Waals surface area contributed by atoms with Crippen molar-refractivity contribution >= 4 is 28.9 Å². The molecule has 1 fully saturated rings. The predicted octanol–water partition coefficient (Wildman–Crippen LogP) is 3.85. The largest absolute Gasteiger partial charge is 0.598 e. The van der Waals surface area contributed by atoms with E-state index in [9.17, 15) is 9.66 Å². The van der Waals surface area contributed by atoms with E-state index in [1.807, 2.05) is 20.8 Å². The fourth-order valence-corrected chi connectivity index (χ4v) is 6.97.